The molecule has 1 saturated heterocycles. The van der Waals surface area contributed by atoms with Crippen LogP contribution in [0.2, 0.25) is 0 Å². The Morgan fingerprint density at radius 3 is 2.70 bits per heavy atom. The molecule has 6 heteroatoms. The van der Waals surface area contributed by atoms with Gasteiger partial charge in [-0.05, 0) is 68.7 Å². The minimum absolute atomic E-state index is 0.0412. The molecule has 0 unspecified atom stereocenters. The second kappa shape index (κ2) is 8.61. The van der Waals surface area contributed by atoms with Crippen molar-refractivity contribution in [3.8, 4) is 11.4 Å². The Morgan fingerprint density at radius 2 is 1.93 bits per heavy atom. The molecule has 0 aliphatic carbocycles. The first-order valence-electron chi connectivity index (χ1n) is 10.2. The lowest BCUT2D eigenvalue weighted by Crippen LogP contribution is -2.41. The number of nitrogens with one attached hydrogen (secondary N) is 1. The molecule has 30 heavy (non-hydrogen) atoms. The number of halogens is 1. The summed E-state index contributed by atoms with van der Waals surface area (Å²) in [6, 6.07) is 14.0. The number of amides is 1. The van der Waals surface area contributed by atoms with Gasteiger partial charge in [0.15, 0.2) is 5.82 Å². The number of rotatable bonds is 4. The summed E-state index contributed by atoms with van der Waals surface area (Å²) in [5.41, 5.74) is 3.87. The Hall–Kier alpha value is -3.28. The molecule has 1 aromatic heterocycles. The Bertz CT molecular complexity index is 1050. The van der Waals surface area contributed by atoms with E-state index in [1.807, 2.05) is 32.0 Å². The van der Waals surface area contributed by atoms with Gasteiger partial charge in [-0.25, -0.2) is 14.4 Å². The van der Waals surface area contributed by atoms with Crippen LogP contribution in [-0.2, 0) is 4.79 Å². The van der Waals surface area contributed by atoms with Crippen LogP contribution in [0.25, 0.3) is 11.4 Å². The van der Waals surface area contributed by atoms with Crippen LogP contribution in [0.4, 0.5) is 15.9 Å². The number of carbonyl (C=O) groups excluding carboxylic acids is 1. The van der Waals surface area contributed by atoms with Crippen molar-refractivity contribution in [2.45, 2.75) is 26.7 Å². The van der Waals surface area contributed by atoms with Crippen molar-refractivity contribution >= 4 is 17.4 Å². The maximum atomic E-state index is 13.2. The highest BCUT2D eigenvalue weighted by molar-refractivity contribution is 5.93. The molecular formula is C24H25FN4O. The maximum Gasteiger partial charge on any atom is 0.229 e. The quantitative estimate of drug-likeness (QED) is 0.681. The Morgan fingerprint density at radius 1 is 1.13 bits per heavy atom. The predicted molar refractivity (Wildman–Crippen MR) is 117 cm³/mol. The third-order valence-electron chi connectivity index (χ3n) is 5.50. The fraction of sp³-hybridized carbons (Fsp3) is 0.292. The van der Waals surface area contributed by atoms with Gasteiger partial charge in [0.2, 0.25) is 5.91 Å². The summed E-state index contributed by atoms with van der Waals surface area (Å²) in [7, 11) is 0. The highest BCUT2D eigenvalue weighted by Gasteiger charge is 2.27. The number of benzene rings is 2. The molecule has 1 aliphatic rings. The fourth-order valence-electron chi connectivity index (χ4n) is 3.85. The van der Waals surface area contributed by atoms with Crippen LogP contribution in [0, 0.1) is 25.6 Å². The topological polar surface area (TPSA) is 58.1 Å². The van der Waals surface area contributed by atoms with Crippen LogP contribution in [0.1, 0.15) is 24.0 Å². The maximum absolute atomic E-state index is 13.2. The lowest BCUT2D eigenvalue weighted by atomic mass is 9.96. The summed E-state index contributed by atoms with van der Waals surface area (Å²) in [6.07, 6.45) is 3.48. The molecule has 1 aliphatic heterocycles. The van der Waals surface area contributed by atoms with E-state index < -0.39 is 0 Å². The molecule has 2 heterocycles. The Balaban J connectivity index is 1.48. The van der Waals surface area contributed by atoms with Gasteiger partial charge < -0.3 is 10.2 Å². The summed E-state index contributed by atoms with van der Waals surface area (Å²) in [6.45, 7) is 5.50. The largest absolute Gasteiger partial charge is 0.356 e. The minimum Gasteiger partial charge on any atom is -0.356 e. The number of hydrogen-bond acceptors (Lipinski definition) is 4. The lowest BCUT2D eigenvalue weighted by Gasteiger charge is -2.33. The van der Waals surface area contributed by atoms with Gasteiger partial charge in [0, 0.05) is 30.5 Å². The second-order valence-corrected chi connectivity index (χ2v) is 7.84. The number of anilines is 2. The number of nitrogens with zero attached hydrogens (tertiary/aromatic N) is 3. The summed E-state index contributed by atoms with van der Waals surface area (Å²) >= 11 is 0. The van der Waals surface area contributed by atoms with Crippen molar-refractivity contribution in [3.63, 3.8) is 0 Å². The van der Waals surface area contributed by atoms with Gasteiger partial charge in [-0.2, -0.15) is 0 Å². The van der Waals surface area contributed by atoms with Crippen molar-refractivity contribution in [3.05, 3.63) is 71.7 Å². The molecule has 1 atom stereocenters. The number of hydrogen-bond donors (Lipinski definition) is 1. The third-order valence-corrected chi connectivity index (χ3v) is 5.50. The van der Waals surface area contributed by atoms with E-state index >= 15 is 0 Å². The molecule has 0 radical (unpaired) electrons. The molecule has 1 amide bonds. The molecule has 0 saturated carbocycles. The zero-order chi connectivity index (χ0) is 21.1. The van der Waals surface area contributed by atoms with E-state index in [4.69, 9.17) is 0 Å². The van der Waals surface area contributed by atoms with Crippen LogP contribution in [0.15, 0.2) is 54.7 Å². The zero-order valence-electron chi connectivity index (χ0n) is 17.2. The number of aromatic nitrogens is 2. The molecule has 3 aromatic rings. The molecular weight excluding hydrogens is 379 g/mol. The summed E-state index contributed by atoms with van der Waals surface area (Å²) in [5, 5.41) is 3.09. The van der Waals surface area contributed by atoms with Crippen LogP contribution in [0.3, 0.4) is 0 Å². The molecule has 0 spiro atoms. The average molecular weight is 404 g/mol. The van der Waals surface area contributed by atoms with Crippen LogP contribution >= 0.6 is 0 Å². The highest BCUT2D eigenvalue weighted by Crippen LogP contribution is 2.25. The molecule has 0 bridgehead atoms. The van der Waals surface area contributed by atoms with E-state index in [2.05, 4.69) is 26.3 Å². The minimum atomic E-state index is -0.288. The van der Waals surface area contributed by atoms with Gasteiger partial charge in [-0.3, -0.25) is 4.79 Å². The van der Waals surface area contributed by atoms with Gasteiger partial charge in [-0.15, -0.1) is 0 Å². The summed E-state index contributed by atoms with van der Waals surface area (Å²) in [4.78, 5) is 24.0. The van der Waals surface area contributed by atoms with Crippen LogP contribution in [0.5, 0.6) is 0 Å². The van der Waals surface area contributed by atoms with Crippen molar-refractivity contribution in [1.29, 1.82) is 0 Å². The van der Waals surface area contributed by atoms with Gasteiger partial charge in [-0.1, -0.05) is 17.7 Å². The fourth-order valence-corrected chi connectivity index (χ4v) is 3.85. The molecule has 1 N–H and O–H groups in total. The number of carbonyl (C=O) groups is 1. The van der Waals surface area contributed by atoms with Gasteiger partial charge in [0.1, 0.15) is 11.6 Å². The lowest BCUT2D eigenvalue weighted by molar-refractivity contribution is -0.120. The normalized spacial score (nSPS) is 16.4. The Kier molecular flexibility index (Phi) is 5.74. The van der Waals surface area contributed by atoms with Gasteiger partial charge in [0.25, 0.3) is 0 Å². The van der Waals surface area contributed by atoms with Crippen molar-refractivity contribution in [1.82, 2.24) is 9.97 Å². The predicted octanol–water partition coefficient (Wildman–Crippen LogP) is 4.75. The first kappa shape index (κ1) is 20.0. The molecule has 154 valence electrons. The SMILES string of the molecule is Cc1ccc(NC(=O)[C@H]2CCCN(c3ccnc(-c4ccc(F)cc4)n3)C2)c(C)c1. The standard InChI is InChI=1S/C24H25FN4O/c1-16-5-10-21(17(2)14-16)27-24(30)19-4-3-13-29(15-19)22-11-12-26-23(28-22)18-6-8-20(25)9-7-18/h5-12,14,19H,3-4,13,15H2,1-2H3,(H,27,30)/t19-/m0/s1. The summed E-state index contributed by atoms with van der Waals surface area (Å²) in [5.74, 6) is 0.981. The zero-order valence-corrected chi connectivity index (χ0v) is 17.2. The van der Waals surface area contributed by atoms with E-state index in [0.717, 1.165) is 42.0 Å². The molecule has 1 fully saturated rings. The number of aryl methyl sites for hydroxylation is 2. The summed E-state index contributed by atoms with van der Waals surface area (Å²) < 4.78 is 13.2. The first-order chi connectivity index (χ1) is 14.5. The smallest absolute Gasteiger partial charge is 0.229 e. The third kappa shape index (κ3) is 4.48. The van der Waals surface area contributed by atoms with E-state index in [0.29, 0.717) is 12.4 Å². The van der Waals surface area contributed by atoms with E-state index in [1.54, 1.807) is 18.3 Å². The van der Waals surface area contributed by atoms with Gasteiger partial charge in [0.05, 0.1) is 5.92 Å². The van der Waals surface area contributed by atoms with Crippen LogP contribution in [-0.4, -0.2) is 29.0 Å². The van der Waals surface area contributed by atoms with Gasteiger partial charge >= 0.3 is 0 Å². The van der Waals surface area contributed by atoms with Crippen molar-refractivity contribution < 1.29 is 9.18 Å². The first-order valence-corrected chi connectivity index (χ1v) is 10.2. The highest BCUT2D eigenvalue weighted by atomic mass is 19.1. The Labute approximate surface area is 176 Å². The monoisotopic (exact) mass is 404 g/mol. The van der Waals surface area contributed by atoms with Crippen molar-refractivity contribution in [2.24, 2.45) is 5.92 Å². The van der Waals surface area contributed by atoms with E-state index in [9.17, 15) is 9.18 Å². The second-order valence-electron chi connectivity index (χ2n) is 7.84. The van der Waals surface area contributed by atoms with Crippen LogP contribution < -0.4 is 10.2 Å². The van der Waals surface area contributed by atoms with E-state index in [-0.39, 0.29) is 17.6 Å². The number of piperidine rings is 1. The molecule has 5 nitrogen and oxygen atoms in total. The molecule has 2 aromatic carbocycles. The molecule has 4 rings (SSSR count). The van der Waals surface area contributed by atoms with Crippen molar-refractivity contribution in [2.75, 3.05) is 23.3 Å². The average Bonchev–Trinajstić information content (AvgIpc) is 2.76. The van der Waals surface area contributed by atoms with E-state index in [1.165, 1.54) is 17.7 Å².